The van der Waals surface area contributed by atoms with Crippen LogP contribution in [0.1, 0.15) is 26.7 Å². The summed E-state index contributed by atoms with van der Waals surface area (Å²) in [5, 5.41) is 0. The summed E-state index contributed by atoms with van der Waals surface area (Å²) in [6.45, 7) is 3.70. The molecule has 0 rings (SSSR count). The summed E-state index contributed by atoms with van der Waals surface area (Å²) < 4.78 is 27.0. The standard InChI is InChI=1S/C8H19N3O2S2/c1-5-8(6-2,7(9)14)10-15(12,13)11(3)4/h10H,5-6H2,1-4H3,(H2,9,14). The molecule has 3 N–H and O–H groups in total. The third-order valence-electron chi connectivity index (χ3n) is 2.48. The van der Waals surface area contributed by atoms with E-state index in [1.807, 2.05) is 13.8 Å². The Morgan fingerprint density at radius 2 is 1.80 bits per heavy atom. The molecule has 0 fully saturated rings. The van der Waals surface area contributed by atoms with Crippen LogP contribution in [0.5, 0.6) is 0 Å². The highest BCUT2D eigenvalue weighted by atomic mass is 32.2. The lowest BCUT2D eigenvalue weighted by molar-refractivity contribution is 0.436. The normalized spacial score (nSPS) is 13.1. The molecule has 5 nitrogen and oxygen atoms in total. The van der Waals surface area contributed by atoms with Crippen molar-refractivity contribution in [2.24, 2.45) is 5.73 Å². The number of rotatable bonds is 6. The average Bonchev–Trinajstić information content (AvgIpc) is 2.13. The molecule has 15 heavy (non-hydrogen) atoms. The monoisotopic (exact) mass is 253 g/mol. The number of hydrogen-bond acceptors (Lipinski definition) is 3. The third kappa shape index (κ3) is 3.37. The van der Waals surface area contributed by atoms with Crippen LogP contribution in [-0.2, 0) is 10.2 Å². The highest BCUT2D eigenvalue weighted by Crippen LogP contribution is 2.17. The Morgan fingerprint density at radius 3 is 2.00 bits per heavy atom. The quantitative estimate of drug-likeness (QED) is 0.664. The van der Waals surface area contributed by atoms with E-state index in [1.165, 1.54) is 14.1 Å². The van der Waals surface area contributed by atoms with Gasteiger partial charge in [0.2, 0.25) is 0 Å². The molecule has 0 spiro atoms. The minimum Gasteiger partial charge on any atom is -0.392 e. The second kappa shape index (κ2) is 5.20. The first-order valence-corrected chi connectivity index (χ1v) is 6.58. The van der Waals surface area contributed by atoms with Crippen LogP contribution in [0.3, 0.4) is 0 Å². The highest BCUT2D eigenvalue weighted by molar-refractivity contribution is 7.87. The molecule has 0 aliphatic carbocycles. The van der Waals surface area contributed by atoms with Gasteiger partial charge in [0.1, 0.15) is 0 Å². The maximum Gasteiger partial charge on any atom is 0.279 e. The van der Waals surface area contributed by atoms with Crippen LogP contribution in [0.2, 0.25) is 0 Å². The zero-order chi connectivity index (χ0) is 12.3. The molecule has 0 unspecified atom stereocenters. The molecule has 0 aliphatic rings. The first-order chi connectivity index (χ1) is 6.72. The molecule has 0 amide bonds. The SMILES string of the molecule is CCC(CC)(NS(=O)(=O)N(C)C)C(N)=S. The van der Waals surface area contributed by atoms with Crippen molar-refractivity contribution >= 4 is 27.4 Å². The van der Waals surface area contributed by atoms with Crippen LogP contribution >= 0.6 is 12.2 Å². The fourth-order valence-electron chi connectivity index (χ4n) is 1.13. The van der Waals surface area contributed by atoms with Crippen molar-refractivity contribution in [1.82, 2.24) is 9.03 Å². The third-order valence-corrected chi connectivity index (χ3v) is 4.48. The summed E-state index contributed by atoms with van der Waals surface area (Å²) in [5.41, 5.74) is 4.77. The zero-order valence-corrected chi connectivity index (χ0v) is 11.2. The van der Waals surface area contributed by atoms with E-state index in [1.54, 1.807) is 0 Å². The largest absolute Gasteiger partial charge is 0.392 e. The average molecular weight is 253 g/mol. The summed E-state index contributed by atoms with van der Waals surface area (Å²) in [6.07, 6.45) is 1.07. The second-order valence-electron chi connectivity index (χ2n) is 3.54. The van der Waals surface area contributed by atoms with Gasteiger partial charge in [-0.1, -0.05) is 26.1 Å². The van der Waals surface area contributed by atoms with E-state index >= 15 is 0 Å². The van der Waals surface area contributed by atoms with E-state index in [-0.39, 0.29) is 4.99 Å². The topological polar surface area (TPSA) is 75.4 Å². The molecule has 7 heteroatoms. The fourth-order valence-corrected chi connectivity index (χ4v) is 2.61. The molecule has 0 aromatic heterocycles. The molecule has 0 heterocycles. The van der Waals surface area contributed by atoms with Gasteiger partial charge in [-0.15, -0.1) is 0 Å². The van der Waals surface area contributed by atoms with Gasteiger partial charge in [-0.2, -0.15) is 17.4 Å². The number of hydrogen-bond donors (Lipinski definition) is 2. The fraction of sp³-hybridized carbons (Fsp3) is 0.875. The van der Waals surface area contributed by atoms with Gasteiger partial charge in [0, 0.05) is 14.1 Å². The van der Waals surface area contributed by atoms with E-state index in [2.05, 4.69) is 4.72 Å². The maximum atomic E-state index is 11.7. The molecule has 0 atom stereocenters. The van der Waals surface area contributed by atoms with Crippen LogP contribution in [0.4, 0.5) is 0 Å². The van der Waals surface area contributed by atoms with E-state index in [9.17, 15) is 8.42 Å². The molecule has 0 aromatic carbocycles. The van der Waals surface area contributed by atoms with Crippen molar-refractivity contribution < 1.29 is 8.42 Å². The highest BCUT2D eigenvalue weighted by Gasteiger charge is 2.34. The molecule has 90 valence electrons. The molecular formula is C8H19N3O2S2. The predicted octanol–water partition coefficient (Wildman–Crippen LogP) is 0.227. The van der Waals surface area contributed by atoms with Crippen LogP contribution in [0.15, 0.2) is 0 Å². The van der Waals surface area contributed by atoms with Gasteiger partial charge in [-0.05, 0) is 12.8 Å². The lowest BCUT2D eigenvalue weighted by Crippen LogP contribution is -2.58. The van der Waals surface area contributed by atoms with Gasteiger partial charge < -0.3 is 5.73 Å². The van der Waals surface area contributed by atoms with Gasteiger partial charge in [0.15, 0.2) is 0 Å². The summed E-state index contributed by atoms with van der Waals surface area (Å²) in [5.74, 6) is 0. The van der Waals surface area contributed by atoms with Crippen molar-refractivity contribution in [3.63, 3.8) is 0 Å². The van der Waals surface area contributed by atoms with E-state index < -0.39 is 15.7 Å². The Hall–Kier alpha value is -0.240. The van der Waals surface area contributed by atoms with Crippen molar-refractivity contribution in [3.8, 4) is 0 Å². The lowest BCUT2D eigenvalue weighted by Gasteiger charge is -2.32. The summed E-state index contributed by atoms with van der Waals surface area (Å²) in [6, 6.07) is 0. The molecule has 0 aliphatic heterocycles. The predicted molar refractivity (Wildman–Crippen MR) is 65.8 cm³/mol. The molecule has 0 bridgehead atoms. The summed E-state index contributed by atoms with van der Waals surface area (Å²) in [4.78, 5) is 0.179. The van der Waals surface area contributed by atoms with E-state index in [4.69, 9.17) is 18.0 Å². The van der Waals surface area contributed by atoms with Gasteiger partial charge in [0.25, 0.3) is 10.2 Å². The molecular weight excluding hydrogens is 234 g/mol. The van der Waals surface area contributed by atoms with Crippen molar-refractivity contribution in [2.45, 2.75) is 32.2 Å². The Balaban J connectivity index is 5.09. The Bertz CT molecular complexity index is 321. The van der Waals surface area contributed by atoms with Gasteiger partial charge in [0.05, 0.1) is 10.5 Å². The molecule has 0 radical (unpaired) electrons. The first-order valence-electron chi connectivity index (χ1n) is 4.73. The van der Waals surface area contributed by atoms with Crippen LogP contribution in [-0.4, -0.2) is 37.3 Å². The minimum absolute atomic E-state index is 0.179. The number of nitrogens with one attached hydrogen (secondary N) is 1. The molecule has 0 aromatic rings. The lowest BCUT2D eigenvalue weighted by atomic mass is 9.94. The van der Waals surface area contributed by atoms with Crippen molar-refractivity contribution in [1.29, 1.82) is 0 Å². The van der Waals surface area contributed by atoms with Gasteiger partial charge >= 0.3 is 0 Å². The summed E-state index contributed by atoms with van der Waals surface area (Å²) >= 11 is 4.91. The maximum absolute atomic E-state index is 11.7. The first kappa shape index (κ1) is 14.8. The van der Waals surface area contributed by atoms with Crippen LogP contribution in [0.25, 0.3) is 0 Å². The van der Waals surface area contributed by atoms with Crippen LogP contribution < -0.4 is 10.5 Å². The number of nitrogens with two attached hydrogens (primary N) is 1. The van der Waals surface area contributed by atoms with E-state index in [0.29, 0.717) is 12.8 Å². The number of nitrogens with zero attached hydrogens (tertiary/aromatic N) is 1. The zero-order valence-electron chi connectivity index (χ0n) is 9.57. The summed E-state index contributed by atoms with van der Waals surface area (Å²) in [7, 11) is -0.597. The Kier molecular flexibility index (Phi) is 5.12. The van der Waals surface area contributed by atoms with Gasteiger partial charge in [-0.25, -0.2) is 0 Å². The number of thiocarbonyl (C=S) groups is 1. The smallest absolute Gasteiger partial charge is 0.279 e. The molecule has 0 saturated heterocycles. The van der Waals surface area contributed by atoms with E-state index in [0.717, 1.165) is 4.31 Å². The molecule has 0 saturated carbocycles. The Labute approximate surface area is 97.2 Å². The van der Waals surface area contributed by atoms with Crippen molar-refractivity contribution in [2.75, 3.05) is 14.1 Å². The van der Waals surface area contributed by atoms with Crippen LogP contribution in [0, 0.1) is 0 Å². The van der Waals surface area contributed by atoms with Gasteiger partial charge in [-0.3, -0.25) is 0 Å². The Morgan fingerprint density at radius 1 is 1.40 bits per heavy atom. The van der Waals surface area contributed by atoms with Crippen molar-refractivity contribution in [3.05, 3.63) is 0 Å². The second-order valence-corrected chi connectivity index (χ2v) is 5.87. The minimum atomic E-state index is -3.51.